The van der Waals surface area contributed by atoms with Gasteiger partial charge in [0.15, 0.2) is 5.82 Å². The molecule has 0 amide bonds. The summed E-state index contributed by atoms with van der Waals surface area (Å²) in [6.07, 6.45) is 1.28. The molecule has 0 aliphatic rings. The van der Waals surface area contributed by atoms with Crippen LogP contribution in [0.3, 0.4) is 0 Å². The second-order valence-electron chi connectivity index (χ2n) is 5.82. The maximum absolute atomic E-state index is 9.60. The van der Waals surface area contributed by atoms with Gasteiger partial charge in [0.1, 0.15) is 11.0 Å². The summed E-state index contributed by atoms with van der Waals surface area (Å²) in [6, 6.07) is 0. The number of nitrogens with one attached hydrogen (secondary N) is 2. The second kappa shape index (κ2) is 8.05. The van der Waals surface area contributed by atoms with E-state index in [1.807, 2.05) is 25.9 Å². The molecule has 2 heterocycles. The van der Waals surface area contributed by atoms with Crippen LogP contribution in [0.4, 0.5) is 17.7 Å². The summed E-state index contributed by atoms with van der Waals surface area (Å²) in [6.45, 7) is 7.15. The summed E-state index contributed by atoms with van der Waals surface area (Å²) in [5.74, 6) is 1.81. The Morgan fingerprint density at radius 3 is 2.46 bits per heavy atom. The Balaban J connectivity index is 2.56. The number of hydrogen-bond acceptors (Lipinski definition) is 8. The fourth-order valence-corrected chi connectivity index (χ4v) is 2.45. The standard InChI is InChI=1S/C16H27N7O/c1-6-8-18-15-20-12-11(7-2)19-16(23(5)9-10(3)24)21-13(12)14(17-4)22-15/h10,24H,6-9H2,1-5H3,(H2,17,18,20,22). The molecule has 0 saturated heterocycles. The van der Waals surface area contributed by atoms with Gasteiger partial charge in [-0.2, -0.15) is 4.98 Å². The number of aromatic nitrogens is 4. The van der Waals surface area contributed by atoms with Crippen molar-refractivity contribution in [3.63, 3.8) is 0 Å². The number of hydrogen-bond donors (Lipinski definition) is 3. The highest BCUT2D eigenvalue weighted by Gasteiger charge is 2.17. The molecule has 2 rings (SSSR count). The van der Waals surface area contributed by atoms with Crippen molar-refractivity contribution < 1.29 is 5.11 Å². The zero-order chi connectivity index (χ0) is 17.7. The fourth-order valence-electron chi connectivity index (χ4n) is 2.45. The first-order valence-electron chi connectivity index (χ1n) is 8.39. The molecule has 0 bridgehead atoms. The molecular formula is C16H27N7O. The van der Waals surface area contributed by atoms with E-state index >= 15 is 0 Å². The van der Waals surface area contributed by atoms with Crippen LogP contribution >= 0.6 is 0 Å². The van der Waals surface area contributed by atoms with Crippen LogP contribution < -0.4 is 15.5 Å². The van der Waals surface area contributed by atoms with Crippen molar-refractivity contribution in [3.05, 3.63) is 5.69 Å². The number of nitrogens with zero attached hydrogens (tertiary/aromatic N) is 5. The van der Waals surface area contributed by atoms with E-state index in [1.165, 1.54) is 0 Å². The molecule has 0 aromatic carbocycles. The minimum absolute atomic E-state index is 0.458. The van der Waals surface area contributed by atoms with Gasteiger partial charge in [0, 0.05) is 27.2 Å². The average molecular weight is 333 g/mol. The number of aryl methyl sites for hydroxylation is 1. The van der Waals surface area contributed by atoms with Gasteiger partial charge in [-0.05, 0) is 19.8 Å². The lowest BCUT2D eigenvalue weighted by molar-refractivity contribution is 0.201. The van der Waals surface area contributed by atoms with Crippen molar-refractivity contribution in [1.82, 2.24) is 19.9 Å². The van der Waals surface area contributed by atoms with E-state index in [-0.39, 0.29) is 0 Å². The third-order valence-electron chi connectivity index (χ3n) is 3.59. The average Bonchev–Trinajstić information content (AvgIpc) is 2.57. The van der Waals surface area contributed by atoms with Gasteiger partial charge >= 0.3 is 0 Å². The maximum Gasteiger partial charge on any atom is 0.226 e. The monoisotopic (exact) mass is 333 g/mol. The van der Waals surface area contributed by atoms with Crippen molar-refractivity contribution >= 4 is 28.7 Å². The zero-order valence-corrected chi connectivity index (χ0v) is 15.1. The molecule has 8 nitrogen and oxygen atoms in total. The predicted octanol–water partition coefficient (Wildman–Crippen LogP) is 1.66. The van der Waals surface area contributed by atoms with Gasteiger partial charge in [0.05, 0.1) is 11.8 Å². The minimum atomic E-state index is -0.458. The summed E-state index contributed by atoms with van der Waals surface area (Å²) < 4.78 is 0. The van der Waals surface area contributed by atoms with Gasteiger partial charge in [-0.25, -0.2) is 15.0 Å². The van der Waals surface area contributed by atoms with Crippen LogP contribution in [-0.2, 0) is 6.42 Å². The van der Waals surface area contributed by atoms with Crippen molar-refractivity contribution in [1.29, 1.82) is 0 Å². The van der Waals surface area contributed by atoms with Crippen LogP contribution in [0.1, 0.15) is 32.9 Å². The van der Waals surface area contributed by atoms with Crippen LogP contribution in [0.2, 0.25) is 0 Å². The Morgan fingerprint density at radius 1 is 1.12 bits per heavy atom. The molecule has 3 N–H and O–H groups in total. The third kappa shape index (κ3) is 4.00. The van der Waals surface area contributed by atoms with E-state index in [9.17, 15) is 5.11 Å². The second-order valence-corrected chi connectivity index (χ2v) is 5.82. The molecule has 1 atom stereocenters. The molecule has 132 valence electrons. The van der Waals surface area contributed by atoms with Crippen LogP contribution in [0.25, 0.3) is 11.0 Å². The molecule has 0 aliphatic carbocycles. The summed E-state index contributed by atoms with van der Waals surface area (Å²) >= 11 is 0. The van der Waals surface area contributed by atoms with Gasteiger partial charge in [-0.15, -0.1) is 0 Å². The first-order chi connectivity index (χ1) is 11.5. The highest BCUT2D eigenvalue weighted by atomic mass is 16.3. The van der Waals surface area contributed by atoms with E-state index in [4.69, 9.17) is 0 Å². The Hall–Kier alpha value is -2.22. The Labute approximate surface area is 142 Å². The smallest absolute Gasteiger partial charge is 0.226 e. The summed E-state index contributed by atoms with van der Waals surface area (Å²) in [5.41, 5.74) is 2.31. The van der Waals surface area contributed by atoms with Crippen molar-refractivity contribution in [2.75, 3.05) is 42.7 Å². The Kier molecular flexibility index (Phi) is 6.08. The lowest BCUT2D eigenvalue weighted by atomic mass is 10.2. The van der Waals surface area contributed by atoms with E-state index in [1.54, 1.807) is 6.92 Å². The Morgan fingerprint density at radius 2 is 1.88 bits per heavy atom. The lowest BCUT2D eigenvalue weighted by Crippen LogP contribution is -2.28. The van der Waals surface area contributed by atoms with Crippen LogP contribution in [0.15, 0.2) is 0 Å². The van der Waals surface area contributed by atoms with E-state index in [2.05, 4.69) is 37.5 Å². The molecule has 2 aromatic rings. The van der Waals surface area contributed by atoms with E-state index in [0.717, 1.165) is 30.6 Å². The number of rotatable bonds is 8. The van der Waals surface area contributed by atoms with Gasteiger partial charge < -0.3 is 20.6 Å². The van der Waals surface area contributed by atoms with Crippen molar-refractivity contribution in [3.8, 4) is 0 Å². The first kappa shape index (κ1) is 18.1. The summed E-state index contributed by atoms with van der Waals surface area (Å²) in [7, 11) is 3.68. The molecule has 2 aromatic heterocycles. The van der Waals surface area contributed by atoms with Gasteiger partial charge in [-0.3, -0.25) is 0 Å². The van der Waals surface area contributed by atoms with E-state index < -0.39 is 6.10 Å². The van der Waals surface area contributed by atoms with Crippen LogP contribution in [0.5, 0.6) is 0 Å². The first-order valence-corrected chi connectivity index (χ1v) is 8.39. The lowest BCUT2D eigenvalue weighted by Gasteiger charge is -2.20. The molecule has 0 aliphatic heterocycles. The zero-order valence-electron chi connectivity index (χ0n) is 15.1. The predicted molar refractivity (Wildman–Crippen MR) is 97.8 cm³/mol. The molecule has 0 saturated carbocycles. The topological polar surface area (TPSA) is 99.1 Å². The van der Waals surface area contributed by atoms with E-state index in [0.29, 0.717) is 29.8 Å². The quantitative estimate of drug-likeness (QED) is 0.671. The summed E-state index contributed by atoms with van der Waals surface area (Å²) in [5, 5.41) is 15.9. The van der Waals surface area contributed by atoms with Crippen molar-refractivity contribution in [2.24, 2.45) is 0 Å². The molecule has 24 heavy (non-hydrogen) atoms. The third-order valence-corrected chi connectivity index (χ3v) is 3.59. The highest BCUT2D eigenvalue weighted by Crippen LogP contribution is 2.25. The molecular weight excluding hydrogens is 306 g/mol. The SMILES string of the molecule is CCCNc1nc(NC)c2nc(N(C)CC(C)O)nc(CC)c2n1. The summed E-state index contributed by atoms with van der Waals surface area (Å²) in [4.78, 5) is 20.2. The van der Waals surface area contributed by atoms with Crippen LogP contribution in [-0.4, -0.2) is 58.3 Å². The van der Waals surface area contributed by atoms with Gasteiger partial charge in [0.2, 0.25) is 11.9 Å². The Bertz CT molecular complexity index is 690. The highest BCUT2D eigenvalue weighted by molar-refractivity contribution is 5.88. The number of aliphatic hydroxyl groups is 1. The van der Waals surface area contributed by atoms with Crippen molar-refractivity contribution in [2.45, 2.75) is 39.7 Å². The normalized spacial score (nSPS) is 12.2. The molecule has 0 radical (unpaired) electrons. The minimum Gasteiger partial charge on any atom is -0.392 e. The number of anilines is 3. The molecule has 1 unspecified atom stereocenters. The van der Waals surface area contributed by atoms with Gasteiger partial charge in [0.25, 0.3) is 0 Å². The molecule has 0 fully saturated rings. The molecule has 0 spiro atoms. The number of likely N-dealkylation sites (N-methyl/N-ethyl adjacent to an activating group) is 1. The largest absolute Gasteiger partial charge is 0.392 e. The number of aliphatic hydroxyl groups excluding tert-OH is 1. The van der Waals surface area contributed by atoms with Crippen LogP contribution in [0, 0.1) is 0 Å². The van der Waals surface area contributed by atoms with Gasteiger partial charge in [-0.1, -0.05) is 13.8 Å². The maximum atomic E-state index is 9.60. The fraction of sp³-hybridized carbons (Fsp3) is 0.625. The molecule has 8 heteroatoms. The number of fused-ring (bicyclic) bond motifs is 1.